The number of aryl methyl sites for hydroxylation is 2. The molecule has 2 rings (SSSR count). The van der Waals surface area contributed by atoms with Crippen LogP contribution in [0.15, 0.2) is 18.2 Å². The second kappa shape index (κ2) is 4.61. The first kappa shape index (κ1) is 11.3. The summed E-state index contributed by atoms with van der Waals surface area (Å²) in [5.41, 5.74) is 4.70. The molecule has 1 aliphatic rings. The van der Waals surface area contributed by atoms with Crippen LogP contribution in [0.4, 0.5) is 0 Å². The molecule has 1 aromatic rings. The van der Waals surface area contributed by atoms with E-state index in [-0.39, 0.29) is 6.15 Å². The molecule has 1 aliphatic carbocycles. The monoisotopic (exact) mass is 191 g/mol. The predicted octanol–water partition coefficient (Wildman–Crippen LogP) is 3.85. The van der Waals surface area contributed by atoms with Crippen LogP contribution in [0.2, 0.25) is 0 Å². The molecule has 0 aliphatic heterocycles. The van der Waals surface area contributed by atoms with Crippen molar-refractivity contribution in [3.05, 3.63) is 34.9 Å². The molecule has 1 atom stereocenters. The van der Waals surface area contributed by atoms with Crippen LogP contribution in [-0.2, 0) is 12.8 Å². The Morgan fingerprint density at radius 3 is 2.86 bits per heavy atom. The number of hydrogen-bond donors (Lipinski definition) is 1. The Hall–Kier alpha value is -0.820. The Morgan fingerprint density at radius 2 is 2.14 bits per heavy atom. The summed E-state index contributed by atoms with van der Waals surface area (Å²) in [6, 6.07) is 7.05. The van der Waals surface area contributed by atoms with Gasteiger partial charge >= 0.3 is 0 Å². The van der Waals surface area contributed by atoms with Crippen molar-refractivity contribution in [2.75, 3.05) is 0 Å². The van der Waals surface area contributed by atoms with Crippen molar-refractivity contribution >= 4 is 0 Å². The molecule has 0 radical (unpaired) electrons. The minimum Gasteiger partial charge on any atom is -0.344 e. The molecule has 1 aromatic carbocycles. The van der Waals surface area contributed by atoms with E-state index in [0.29, 0.717) is 0 Å². The minimum absolute atomic E-state index is 0. The van der Waals surface area contributed by atoms with E-state index in [0.717, 1.165) is 5.92 Å². The van der Waals surface area contributed by atoms with Gasteiger partial charge in [0, 0.05) is 0 Å². The van der Waals surface area contributed by atoms with Gasteiger partial charge in [-0.3, -0.25) is 0 Å². The molecule has 0 bridgehead atoms. The minimum atomic E-state index is 0. The lowest BCUT2D eigenvalue weighted by Crippen LogP contribution is -2.07. The van der Waals surface area contributed by atoms with Gasteiger partial charge in [-0.25, -0.2) is 0 Å². The Labute approximate surface area is 87.1 Å². The summed E-state index contributed by atoms with van der Waals surface area (Å²) in [7, 11) is 0. The van der Waals surface area contributed by atoms with E-state index >= 15 is 0 Å². The second-order valence-corrected chi connectivity index (χ2v) is 4.18. The molecule has 1 heteroatoms. The zero-order valence-corrected chi connectivity index (χ0v) is 9.34. The summed E-state index contributed by atoms with van der Waals surface area (Å²) in [5, 5.41) is 0. The van der Waals surface area contributed by atoms with E-state index in [2.05, 4.69) is 32.0 Å². The van der Waals surface area contributed by atoms with E-state index in [1.54, 1.807) is 11.1 Å². The maximum atomic E-state index is 2.41. The number of rotatable bonds is 1. The molecular weight excluding hydrogens is 170 g/mol. The standard InChI is InChI=1S/C13H18.H3N/c1-3-11-7-8-13-10(2)5-4-6-12(13)9-11;/h7-10H,3-6H2,1-2H3;1H3. The van der Waals surface area contributed by atoms with E-state index < -0.39 is 0 Å². The number of hydrogen-bond acceptors (Lipinski definition) is 1. The van der Waals surface area contributed by atoms with Crippen LogP contribution < -0.4 is 6.15 Å². The average Bonchev–Trinajstić information content (AvgIpc) is 2.18. The Morgan fingerprint density at radius 1 is 1.36 bits per heavy atom. The molecule has 1 unspecified atom stereocenters. The van der Waals surface area contributed by atoms with Gasteiger partial charge < -0.3 is 6.15 Å². The van der Waals surface area contributed by atoms with Crippen LogP contribution in [0, 0.1) is 0 Å². The van der Waals surface area contributed by atoms with E-state index in [1.807, 2.05) is 0 Å². The van der Waals surface area contributed by atoms with E-state index in [1.165, 1.54) is 31.2 Å². The number of benzene rings is 1. The van der Waals surface area contributed by atoms with E-state index in [9.17, 15) is 0 Å². The molecule has 0 spiro atoms. The van der Waals surface area contributed by atoms with Crippen molar-refractivity contribution in [2.24, 2.45) is 0 Å². The Balaban J connectivity index is 0.000000980. The van der Waals surface area contributed by atoms with Gasteiger partial charge in [0.25, 0.3) is 0 Å². The van der Waals surface area contributed by atoms with Crippen molar-refractivity contribution in [3.8, 4) is 0 Å². The molecule has 0 heterocycles. The van der Waals surface area contributed by atoms with Crippen LogP contribution in [0.3, 0.4) is 0 Å². The zero-order valence-electron chi connectivity index (χ0n) is 9.34. The third-order valence-electron chi connectivity index (χ3n) is 3.23. The number of fused-ring (bicyclic) bond motifs is 1. The van der Waals surface area contributed by atoms with Gasteiger partial charge in [-0.15, -0.1) is 0 Å². The largest absolute Gasteiger partial charge is 0.344 e. The van der Waals surface area contributed by atoms with Gasteiger partial charge in [0.15, 0.2) is 0 Å². The molecule has 0 aromatic heterocycles. The van der Waals surface area contributed by atoms with Crippen LogP contribution in [0.5, 0.6) is 0 Å². The van der Waals surface area contributed by atoms with Gasteiger partial charge in [-0.05, 0) is 48.3 Å². The highest BCUT2D eigenvalue weighted by molar-refractivity contribution is 5.36. The topological polar surface area (TPSA) is 35.0 Å². The first-order chi connectivity index (χ1) is 6.31. The highest BCUT2D eigenvalue weighted by Gasteiger charge is 2.15. The smallest absolute Gasteiger partial charge is 0.0188 e. The maximum Gasteiger partial charge on any atom is -0.0188 e. The van der Waals surface area contributed by atoms with E-state index in [4.69, 9.17) is 0 Å². The summed E-state index contributed by atoms with van der Waals surface area (Å²) in [5.74, 6) is 0.787. The van der Waals surface area contributed by atoms with Crippen molar-refractivity contribution in [2.45, 2.75) is 45.4 Å². The quantitative estimate of drug-likeness (QED) is 0.719. The van der Waals surface area contributed by atoms with Gasteiger partial charge in [0.2, 0.25) is 0 Å². The molecule has 0 amide bonds. The Kier molecular flexibility index (Phi) is 3.70. The fraction of sp³-hybridized carbons (Fsp3) is 0.538. The van der Waals surface area contributed by atoms with Crippen molar-refractivity contribution in [1.29, 1.82) is 0 Å². The first-order valence-electron chi connectivity index (χ1n) is 5.43. The molecule has 0 saturated heterocycles. The molecule has 1 nitrogen and oxygen atoms in total. The molecule has 14 heavy (non-hydrogen) atoms. The van der Waals surface area contributed by atoms with Crippen LogP contribution >= 0.6 is 0 Å². The highest BCUT2D eigenvalue weighted by Crippen LogP contribution is 2.31. The second-order valence-electron chi connectivity index (χ2n) is 4.18. The third kappa shape index (κ3) is 1.98. The Bertz CT molecular complexity index is 304. The summed E-state index contributed by atoms with van der Waals surface area (Å²) >= 11 is 0. The van der Waals surface area contributed by atoms with Crippen LogP contribution in [-0.4, -0.2) is 0 Å². The summed E-state index contributed by atoms with van der Waals surface area (Å²) in [6.45, 7) is 4.58. The normalized spacial score (nSPS) is 19.7. The fourth-order valence-corrected chi connectivity index (χ4v) is 2.33. The zero-order chi connectivity index (χ0) is 9.26. The molecule has 78 valence electrons. The SMILES string of the molecule is CCc1ccc2c(c1)CCCC2C.N. The molecular formula is C13H21N. The predicted molar refractivity (Wildman–Crippen MR) is 62.2 cm³/mol. The average molecular weight is 191 g/mol. The summed E-state index contributed by atoms with van der Waals surface area (Å²) in [6.07, 6.45) is 5.22. The maximum absolute atomic E-state index is 2.41. The lowest BCUT2D eigenvalue weighted by molar-refractivity contribution is 0.589. The highest BCUT2D eigenvalue weighted by atomic mass is 14.2. The molecule has 3 N–H and O–H groups in total. The first-order valence-corrected chi connectivity index (χ1v) is 5.43. The van der Waals surface area contributed by atoms with Crippen LogP contribution in [0.25, 0.3) is 0 Å². The van der Waals surface area contributed by atoms with Crippen molar-refractivity contribution in [3.63, 3.8) is 0 Å². The van der Waals surface area contributed by atoms with Crippen molar-refractivity contribution in [1.82, 2.24) is 6.15 Å². The third-order valence-corrected chi connectivity index (χ3v) is 3.23. The van der Waals surface area contributed by atoms with Gasteiger partial charge in [0.05, 0.1) is 0 Å². The fourth-order valence-electron chi connectivity index (χ4n) is 2.33. The van der Waals surface area contributed by atoms with Crippen LogP contribution in [0.1, 0.15) is 49.3 Å². The van der Waals surface area contributed by atoms with Gasteiger partial charge in [-0.1, -0.05) is 32.0 Å². The van der Waals surface area contributed by atoms with Crippen molar-refractivity contribution < 1.29 is 0 Å². The summed E-state index contributed by atoms with van der Waals surface area (Å²) in [4.78, 5) is 0. The summed E-state index contributed by atoms with van der Waals surface area (Å²) < 4.78 is 0. The van der Waals surface area contributed by atoms with Gasteiger partial charge in [-0.2, -0.15) is 0 Å². The lowest BCUT2D eigenvalue weighted by Gasteiger charge is -2.22. The van der Waals surface area contributed by atoms with Gasteiger partial charge in [0.1, 0.15) is 0 Å². The molecule has 0 saturated carbocycles. The molecule has 0 fully saturated rings. The lowest BCUT2D eigenvalue weighted by atomic mass is 9.83.